The third-order valence-corrected chi connectivity index (χ3v) is 6.01. The monoisotopic (exact) mass is 479 g/mol. The molecule has 0 radical (unpaired) electrons. The van der Waals surface area contributed by atoms with Crippen LogP contribution < -0.4 is 4.72 Å². The Morgan fingerprint density at radius 2 is 1.90 bits per heavy atom. The van der Waals surface area contributed by atoms with E-state index < -0.39 is 16.2 Å². The average Bonchev–Trinajstić information content (AvgIpc) is 2.75. The molecule has 1 atom stereocenters. The van der Waals surface area contributed by atoms with Crippen LogP contribution in [0.25, 0.3) is 11.6 Å². The third kappa shape index (κ3) is 6.04. The van der Waals surface area contributed by atoms with Gasteiger partial charge in [0, 0.05) is 5.02 Å². The van der Waals surface area contributed by atoms with E-state index >= 15 is 0 Å². The molecule has 164 valence electrons. The van der Waals surface area contributed by atoms with Gasteiger partial charge in [-0.3, -0.25) is 9.03 Å². The summed E-state index contributed by atoms with van der Waals surface area (Å²) in [6.45, 7) is 1.53. The number of benzene rings is 2. The second-order valence-corrected chi connectivity index (χ2v) is 9.01. The lowest BCUT2D eigenvalue weighted by molar-refractivity contribution is 0.107. The Labute approximate surface area is 192 Å². The normalized spacial score (nSPS) is 17.1. The van der Waals surface area contributed by atoms with Gasteiger partial charge in [0.15, 0.2) is 0 Å². The van der Waals surface area contributed by atoms with E-state index in [2.05, 4.69) is 22.5 Å². The highest BCUT2D eigenvalue weighted by Gasteiger charge is 2.30. The Balaban J connectivity index is 2.00. The molecule has 0 saturated carbocycles. The molecule has 2 N–H and O–H groups in total. The van der Waals surface area contributed by atoms with Crippen LogP contribution in [0.4, 0.5) is 0 Å². The lowest BCUT2D eigenvalue weighted by atomic mass is 10.0. The third-order valence-electron chi connectivity index (χ3n) is 4.27. The lowest BCUT2D eigenvalue weighted by Crippen LogP contribution is -2.39. The van der Waals surface area contributed by atoms with Crippen molar-refractivity contribution in [2.75, 3.05) is 13.2 Å². The largest absolute Gasteiger partial charge is 0.475 e. The van der Waals surface area contributed by atoms with Crippen LogP contribution in [0, 0.1) is 0 Å². The molecule has 1 aliphatic heterocycles. The number of hydrogen-bond acceptors (Lipinski definition) is 7. The number of rotatable bonds is 7. The number of hydrogen-bond donors (Lipinski definition) is 3. The van der Waals surface area contributed by atoms with Gasteiger partial charge in [0.05, 0.1) is 17.6 Å². The van der Waals surface area contributed by atoms with Gasteiger partial charge in [0.1, 0.15) is 18.6 Å². The number of sulfonamides is 1. The lowest BCUT2D eigenvalue weighted by Gasteiger charge is -2.32. The molecule has 2 aromatic carbocycles. The van der Waals surface area contributed by atoms with Crippen molar-refractivity contribution in [1.82, 2.24) is 9.03 Å². The molecule has 0 spiro atoms. The standard InChI is InChI=1S/C21H22ClN3O4S2/c1-15-23-20(24-31(27,28)14-11-16-5-3-2-4-6-16)19(17-7-9-18(22)10-8-17)21(25(15)30)29-13-12-26/h2-11,14-15,26,30H,12-13H2,1H3,(H,23,24). The van der Waals surface area contributed by atoms with Gasteiger partial charge in [-0.15, -0.1) is 0 Å². The van der Waals surface area contributed by atoms with Crippen molar-refractivity contribution in [3.05, 3.63) is 82.0 Å². The first kappa shape index (κ1) is 23.2. The van der Waals surface area contributed by atoms with Gasteiger partial charge in [0.25, 0.3) is 10.0 Å². The molecule has 1 unspecified atom stereocenters. The van der Waals surface area contributed by atoms with Crippen LogP contribution in [-0.2, 0) is 14.8 Å². The van der Waals surface area contributed by atoms with Crippen molar-refractivity contribution in [2.45, 2.75) is 13.1 Å². The minimum atomic E-state index is -3.88. The molecule has 7 nitrogen and oxygen atoms in total. The molecule has 0 saturated heterocycles. The van der Waals surface area contributed by atoms with Crippen LogP contribution in [0.1, 0.15) is 18.1 Å². The van der Waals surface area contributed by atoms with Gasteiger partial charge in [0.2, 0.25) is 5.88 Å². The molecule has 0 aromatic heterocycles. The van der Waals surface area contributed by atoms with Crippen LogP contribution in [0.15, 0.2) is 70.9 Å². The summed E-state index contributed by atoms with van der Waals surface area (Å²) in [6, 6.07) is 15.9. The summed E-state index contributed by atoms with van der Waals surface area (Å²) in [7, 11) is -3.88. The Morgan fingerprint density at radius 3 is 2.55 bits per heavy atom. The van der Waals surface area contributed by atoms with Crippen LogP contribution >= 0.6 is 24.4 Å². The first-order chi connectivity index (χ1) is 14.8. The average molecular weight is 480 g/mol. The summed E-state index contributed by atoms with van der Waals surface area (Å²) < 4.78 is 35.2. The highest BCUT2D eigenvalue weighted by molar-refractivity contribution is 7.93. The number of halogens is 1. The van der Waals surface area contributed by atoms with E-state index in [0.29, 0.717) is 16.2 Å². The zero-order valence-electron chi connectivity index (χ0n) is 16.6. The molecule has 1 aliphatic rings. The highest BCUT2D eigenvalue weighted by atomic mass is 35.5. The highest BCUT2D eigenvalue weighted by Crippen LogP contribution is 2.31. The number of aliphatic imine (C=N–C) groups is 1. The number of thiol groups is 1. The van der Waals surface area contributed by atoms with Gasteiger partial charge in [-0.2, -0.15) is 0 Å². The zero-order chi connectivity index (χ0) is 22.4. The van der Waals surface area contributed by atoms with E-state index in [4.69, 9.17) is 16.3 Å². The molecular formula is C21H22ClN3O4S2. The molecule has 3 rings (SSSR count). The second kappa shape index (κ2) is 10.2. The van der Waals surface area contributed by atoms with Crippen molar-refractivity contribution in [1.29, 1.82) is 0 Å². The summed E-state index contributed by atoms with van der Waals surface area (Å²) in [5.41, 5.74) is 1.75. The Kier molecular flexibility index (Phi) is 7.66. The smallest absolute Gasteiger partial charge is 0.256 e. The van der Waals surface area contributed by atoms with Crippen molar-refractivity contribution in [3.8, 4) is 0 Å². The fourth-order valence-corrected chi connectivity index (χ4v) is 3.99. The summed E-state index contributed by atoms with van der Waals surface area (Å²) in [4.78, 5) is 4.45. The number of ether oxygens (including phenoxy) is 1. The molecule has 2 aromatic rings. The van der Waals surface area contributed by atoms with E-state index in [-0.39, 0.29) is 24.9 Å². The van der Waals surface area contributed by atoms with Crippen LogP contribution in [-0.4, -0.2) is 43.0 Å². The molecule has 31 heavy (non-hydrogen) atoms. The van der Waals surface area contributed by atoms with E-state index in [9.17, 15) is 13.5 Å². The second-order valence-electron chi connectivity index (χ2n) is 6.57. The zero-order valence-corrected chi connectivity index (χ0v) is 19.1. The van der Waals surface area contributed by atoms with E-state index in [1.54, 1.807) is 43.3 Å². The van der Waals surface area contributed by atoms with Crippen molar-refractivity contribution in [3.63, 3.8) is 0 Å². The fraction of sp³-hybridized carbons (Fsp3) is 0.190. The number of aliphatic hydroxyl groups is 1. The Hall–Kier alpha value is -2.46. The van der Waals surface area contributed by atoms with Crippen molar-refractivity contribution >= 4 is 51.9 Å². The van der Waals surface area contributed by atoms with Crippen LogP contribution in [0.3, 0.4) is 0 Å². The molecule has 10 heteroatoms. The Morgan fingerprint density at radius 1 is 1.23 bits per heavy atom. The van der Waals surface area contributed by atoms with E-state index in [0.717, 1.165) is 11.0 Å². The molecule has 0 fully saturated rings. The minimum absolute atomic E-state index is 0.00411. The van der Waals surface area contributed by atoms with Crippen LogP contribution in [0.5, 0.6) is 0 Å². The number of amidine groups is 1. The van der Waals surface area contributed by atoms with Gasteiger partial charge in [-0.05, 0) is 36.3 Å². The molecule has 0 bridgehead atoms. The predicted molar refractivity (Wildman–Crippen MR) is 127 cm³/mol. The van der Waals surface area contributed by atoms with Crippen molar-refractivity contribution < 1.29 is 18.3 Å². The number of aliphatic hydroxyl groups excluding tert-OH is 1. The van der Waals surface area contributed by atoms with Gasteiger partial charge in [-0.25, -0.2) is 13.4 Å². The quantitative estimate of drug-likeness (QED) is 0.528. The van der Waals surface area contributed by atoms with Gasteiger partial charge < -0.3 is 9.84 Å². The number of nitrogens with one attached hydrogen (secondary N) is 1. The number of nitrogens with zero attached hydrogens (tertiary/aromatic N) is 2. The summed E-state index contributed by atoms with van der Waals surface area (Å²) in [5, 5.41) is 10.8. The van der Waals surface area contributed by atoms with E-state index in [1.165, 1.54) is 10.4 Å². The summed E-state index contributed by atoms with van der Waals surface area (Å²) in [6.07, 6.45) is 0.971. The molecular weight excluding hydrogens is 458 g/mol. The SMILES string of the molecule is CC1N=C(NS(=O)(=O)C=Cc2ccccc2)C(c2ccc(Cl)cc2)=C(OCCO)N1S. The maximum absolute atomic E-state index is 12.8. The maximum Gasteiger partial charge on any atom is 0.256 e. The summed E-state index contributed by atoms with van der Waals surface area (Å²) >= 11 is 10.4. The fourth-order valence-electron chi connectivity index (χ4n) is 2.83. The molecule has 1 heterocycles. The minimum Gasteiger partial charge on any atom is -0.475 e. The van der Waals surface area contributed by atoms with Crippen LogP contribution in [0.2, 0.25) is 5.02 Å². The molecule has 0 amide bonds. The predicted octanol–water partition coefficient (Wildman–Crippen LogP) is 3.51. The van der Waals surface area contributed by atoms with Gasteiger partial charge in [-0.1, -0.05) is 66.9 Å². The first-order valence-corrected chi connectivity index (χ1v) is 11.7. The van der Waals surface area contributed by atoms with Crippen molar-refractivity contribution in [2.24, 2.45) is 4.99 Å². The molecule has 0 aliphatic carbocycles. The maximum atomic E-state index is 12.8. The topological polar surface area (TPSA) is 91.2 Å². The van der Waals surface area contributed by atoms with Gasteiger partial charge >= 0.3 is 0 Å². The summed E-state index contributed by atoms with van der Waals surface area (Å²) in [5.74, 6) is 0.373. The van der Waals surface area contributed by atoms with E-state index in [1.807, 2.05) is 18.2 Å². The first-order valence-electron chi connectivity index (χ1n) is 9.37. The Bertz CT molecular complexity index is 1100.